The molecule has 6 heteroatoms. The minimum atomic E-state index is -0.858. The van der Waals surface area contributed by atoms with Gasteiger partial charge in [0.25, 0.3) is 0 Å². The zero-order chi connectivity index (χ0) is 15.5. The second kappa shape index (κ2) is 6.71. The standard InChI is InChI=1S/C15H19ClF2N2O/c1-2-4-15(5-3-6-19-9-15)14(21)20-13-11(16)7-10(17)8-12(13)18/h7-8,19H,2-6,9H2,1H3,(H,20,21). The zero-order valence-electron chi connectivity index (χ0n) is 11.9. The number of amides is 1. The molecule has 2 rings (SSSR count). The number of benzene rings is 1. The molecule has 0 bridgehead atoms. The van der Waals surface area contributed by atoms with Crippen molar-refractivity contribution in [1.29, 1.82) is 0 Å². The van der Waals surface area contributed by atoms with Gasteiger partial charge in [0.05, 0.1) is 16.1 Å². The maximum atomic E-state index is 13.8. The Morgan fingerprint density at radius 3 is 2.81 bits per heavy atom. The Kier molecular flexibility index (Phi) is 5.17. The number of carbonyl (C=O) groups excluding carboxylic acids is 1. The molecule has 0 spiro atoms. The minimum absolute atomic E-state index is 0.128. The molecular formula is C15H19ClF2N2O. The number of piperidine rings is 1. The first-order chi connectivity index (χ1) is 9.98. The van der Waals surface area contributed by atoms with Crippen LogP contribution in [0, 0.1) is 17.0 Å². The van der Waals surface area contributed by atoms with Gasteiger partial charge in [0.1, 0.15) is 5.82 Å². The van der Waals surface area contributed by atoms with Crippen LogP contribution in [-0.4, -0.2) is 19.0 Å². The number of anilines is 1. The van der Waals surface area contributed by atoms with Crippen molar-refractivity contribution >= 4 is 23.2 Å². The van der Waals surface area contributed by atoms with Crippen molar-refractivity contribution in [1.82, 2.24) is 5.32 Å². The van der Waals surface area contributed by atoms with Gasteiger partial charge in [-0.05, 0) is 31.9 Å². The molecule has 21 heavy (non-hydrogen) atoms. The molecule has 1 unspecified atom stereocenters. The van der Waals surface area contributed by atoms with Crippen LogP contribution in [0.5, 0.6) is 0 Å². The fourth-order valence-electron chi connectivity index (χ4n) is 2.87. The lowest BCUT2D eigenvalue weighted by atomic mass is 9.76. The molecule has 0 aliphatic carbocycles. The summed E-state index contributed by atoms with van der Waals surface area (Å²) in [6, 6.07) is 1.71. The molecule has 0 aromatic heterocycles. The van der Waals surface area contributed by atoms with E-state index in [4.69, 9.17) is 11.6 Å². The van der Waals surface area contributed by atoms with Gasteiger partial charge in [-0.25, -0.2) is 8.78 Å². The van der Waals surface area contributed by atoms with Crippen molar-refractivity contribution < 1.29 is 13.6 Å². The maximum Gasteiger partial charge on any atom is 0.231 e. The average Bonchev–Trinajstić information content (AvgIpc) is 2.44. The van der Waals surface area contributed by atoms with Gasteiger partial charge in [-0.15, -0.1) is 0 Å². The Morgan fingerprint density at radius 1 is 1.48 bits per heavy atom. The molecule has 1 aromatic rings. The quantitative estimate of drug-likeness (QED) is 0.888. The molecule has 1 aromatic carbocycles. The Balaban J connectivity index is 2.23. The van der Waals surface area contributed by atoms with Crippen molar-refractivity contribution in [3.8, 4) is 0 Å². The second-order valence-corrected chi connectivity index (χ2v) is 5.92. The maximum absolute atomic E-state index is 13.8. The van der Waals surface area contributed by atoms with Crippen LogP contribution in [0.2, 0.25) is 5.02 Å². The van der Waals surface area contributed by atoms with Crippen molar-refractivity contribution in [3.63, 3.8) is 0 Å². The Morgan fingerprint density at radius 2 is 2.24 bits per heavy atom. The molecule has 1 aliphatic heterocycles. The summed E-state index contributed by atoms with van der Waals surface area (Å²) in [7, 11) is 0. The lowest BCUT2D eigenvalue weighted by Crippen LogP contribution is -2.48. The van der Waals surface area contributed by atoms with E-state index in [1.54, 1.807) is 0 Å². The van der Waals surface area contributed by atoms with E-state index in [9.17, 15) is 13.6 Å². The first-order valence-electron chi connectivity index (χ1n) is 7.15. The van der Waals surface area contributed by atoms with Gasteiger partial charge in [0.15, 0.2) is 5.82 Å². The molecule has 1 atom stereocenters. The highest BCUT2D eigenvalue weighted by Gasteiger charge is 2.39. The Labute approximate surface area is 128 Å². The fraction of sp³-hybridized carbons (Fsp3) is 0.533. The van der Waals surface area contributed by atoms with Gasteiger partial charge < -0.3 is 10.6 Å². The summed E-state index contributed by atoms with van der Waals surface area (Å²) < 4.78 is 26.8. The van der Waals surface area contributed by atoms with Crippen molar-refractivity contribution in [2.75, 3.05) is 18.4 Å². The topological polar surface area (TPSA) is 41.1 Å². The SMILES string of the molecule is CCCC1(C(=O)Nc2c(F)cc(F)cc2Cl)CCCNC1. The predicted octanol–water partition coefficient (Wildman–Crippen LogP) is 3.73. The number of rotatable bonds is 4. The highest BCUT2D eigenvalue weighted by Crippen LogP contribution is 2.35. The second-order valence-electron chi connectivity index (χ2n) is 5.51. The summed E-state index contributed by atoms with van der Waals surface area (Å²) in [5.41, 5.74) is -0.707. The molecule has 3 nitrogen and oxygen atoms in total. The molecule has 1 fully saturated rings. The number of nitrogens with one attached hydrogen (secondary N) is 2. The summed E-state index contributed by atoms with van der Waals surface area (Å²) >= 11 is 5.83. The third-order valence-corrected chi connectivity index (χ3v) is 4.23. The average molecular weight is 317 g/mol. The van der Waals surface area contributed by atoms with Gasteiger partial charge >= 0.3 is 0 Å². The predicted molar refractivity (Wildman–Crippen MR) is 79.4 cm³/mol. The molecule has 1 saturated heterocycles. The van der Waals surface area contributed by atoms with Crippen LogP contribution in [0.15, 0.2) is 12.1 Å². The third-order valence-electron chi connectivity index (χ3n) is 3.93. The van der Waals surface area contributed by atoms with Gasteiger partial charge in [0, 0.05) is 12.6 Å². The fourth-order valence-corrected chi connectivity index (χ4v) is 3.12. The third kappa shape index (κ3) is 3.52. The molecule has 1 amide bonds. The van der Waals surface area contributed by atoms with E-state index < -0.39 is 17.0 Å². The van der Waals surface area contributed by atoms with E-state index in [0.717, 1.165) is 31.9 Å². The molecule has 2 N–H and O–H groups in total. The van der Waals surface area contributed by atoms with E-state index in [0.29, 0.717) is 19.0 Å². The monoisotopic (exact) mass is 316 g/mol. The van der Waals surface area contributed by atoms with E-state index in [2.05, 4.69) is 10.6 Å². The van der Waals surface area contributed by atoms with Crippen LogP contribution in [-0.2, 0) is 4.79 Å². The van der Waals surface area contributed by atoms with Gasteiger partial charge in [-0.1, -0.05) is 24.9 Å². The normalized spacial score (nSPS) is 22.1. The number of halogens is 3. The molecule has 0 radical (unpaired) electrons. The first-order valence-corrected chi connectivity index (χ1v) is 7.53. The van der Waals surface area contributed by atoms with Crippen molar-refractivity contribution in [3.05, 3.63) is 28.8 Å². The van der Waals surface area contributed by atoms with E-state index in [1.807, 2.05) is 6.92 Å². The zero-order valence-corrected chi connectivity index (χ0v) is 12.7. The summed E-state index contributed by atoms with van der Waals surface area (Å²) in [6.45, 7) is 3.45. The molecule has 116 valence electrons. The molecule has 0 saturated carbocycles. The summed E-state index contributed by atoms with van der Waals surface area (Å²) in [5.74, 6) is -1.88. The molecule has 1 aliphatic rings. The lowest BCUT2D eigenvalue weighted by Gasteiger charge is -2.36. The summed E-state index contributed by atoms with van der Waals surface area (Å²) in [5, 5.41) is 5.64. The minimum Gasteiger partial charge on any atom is -0.322 e. The summed E-state index contributed by atoms with van der Waals surface area (Å²) in [6.07, 6.45) is 3.22. The van der Waals surface area contributed by atoms with Crippen LogP contribution in [0.1, 0.15) is 32.6 Å². The largest absolute Gasteiger partial charge is 0.322 e. The van der Waals surface area contributed by atoms with Crippen LogP contribution in [0.3, 0.4) is 0 Å². The number of carbonyl (C=O) groups is 1. The highest BCUT2D eigenvalue weighted by atomic mass is 35.5. The van der Waals surface area contributed by atoms with E-state index >= 15 is 0 Å². The Hall–Kier alpha value is -1.20. The van der Waals surface area contributed by atoms with Crippen molar-refractivity contribution in [2.24, 2.45) is 5.41 Å². The van der Waals surface area contributed by atoms with Crippen molar-refractivity contribution in [2.45, 2.75) is 32.6 Å². The number of hydrogen-bond acceptors (Lipinski definition) is 2. The molecule has 1 heterocycles. The van der Waals surface area contributed by atoms with Gasteiger partial charge in [0.2, 0.25) is 5.91 Å². The first kappa shape index (κ1) is 16.2. The van der Waals surface area contributed by atoms with Crippen LogP contribution in [0.25, 0.3) is 0 Å². The van der Waals surface area contributed by atoms with Gasteiger partial charge in [-0.3, -0.25) is 4.79 Å². The van der Waals surface area contributed by atoms with Crippen LogP contribution in [0.4, 0.5) is 14.5 Å². The molecular weight excluding hydrogens is 298 g/mol. The smallest absolute Gasteiger partial charge is 0.231 e. The number of hydrogen-bond donors (Lipinski definition) is 2. The summed E-state index contributed by atoms with van der Waals surface area (Å²) in [4.78, 5) is 12.6. The van der Waals surface area contributed by atoms with E-state index in [-0.39, 0.29) is 16.6 Å². The highest BCUT2D eigenvalue weighted by molar-refractivity contribution is 6.33. The lowest BCUT2D eigenvalue weighted by molar-refractivity contribution is -0.127. The van der Waals surface area contributed by atoms with Crippen LogP contribution >= 0.6 is 11.6 Å². The Bertz CT molecular complexity index is 502. The van der Waals surface area contributed by atoms with Crippen LogP contribution < -0.4 is 10.6 Å². The van der Waals surface area contributed by atoms with Gasteiger partial charge in [-0.2, -0.15) is 0 Å². The van der Waals surface area contributed by atoms with E-state index in [1.165, 1.54) is 0 Å².